The Morgan fingerprint density at radius 2 is 1.89 bits per heavy atom. The number of hydrogen-bond donors (Lipinski definition) is 2. The van der Waals surface area contributed by atoms with Crippen molar-refractivity contribution in [2.24, 2.45) is 0 Å². The minimum absolute atomic E-state index is 0.106. The summed E-state index contributed by atoms with van der Waals surface area (Å²) in [7, 11) is -4.27. The Labute approximate surface area is 109 Å². The number of sulfonamides is 1. The largest absolute Gasteiger partial charge is 0.396 e. The average Bonchev–Trinajstić information content (AvgIpc) is 2.32. The normalized spacial score (nSPS) is 13.5. The van der Waals surface area contributed by atoms with E-state index in [-0.39, 0.29) is 6.61 Å². The van der Waals surface area contributed by atoms with E-state index in [4.69, 9.17) is 5.11 Å². The van der Waals surface area contributed by atoms with Gasteiger partial charge in [-0.3, -0.25) is 0 Å². The van der Waals surface area contributed by atoms with Gasteiger partial charge in [0, 0.05) is 12.6 Å². The van der Waals surface area contributed by atoms with E-state index in [0.717, 1.165) is 0 Å². The highest BCUT2D eigenvalue weighted by Crippen LogP contribution is 2.20. The van der Waals surface area contributed by atoms with E-state index in [1.807, 2.05) is 0 Å². The van der Waals surface area contributed by atoms with Gasteiger partial charge in [-0.2, -0.15) is 0 Å². The monoisotopic (exact) mass is 297 g/mol. The molecule has 0 spiro atoms. The summed E-state index contributed by atoms with van der Waals surface area (Å²) in [6.07, 6.45) is 0.699. The molecule has 0 heterocycles. The lowest BCUT2D eigenvalue weighted by atomic mass is 10.2. The molecule has 1 aromatic carbocycles. The van der Waals surface area contributed by atoms with Crippen molar-refractivity contribution in [2.75, 3.05) is 6.61 Å². The van der Waals surface area contributed by atoms with Crippen molar-refractivity contribution in [2.45, 2.75) is 30.7 Å². The molecule has 108 valence electrons. The Balaban J connectivity index is 2.98. The second-order valence-electron chi connectivity index (χ2n) is 4.06. The Hall–Kier alpha value is -1.12. The van der Waals surface area contributed by atoms with Gasteiger partial charge in [0.25, 0.3) is 0 Å². The maximum absolute atomic E-state index is 13.4. The number of nitrogens with one attached hydrogen (secondary N) is 1. The van der Waals surface area contributed by atoms with Gasteiger partial charge in [0.1, 0.15) is 4.90 Å². The predicted octanol–water partition coefficient (Wildman–Crippen LogP) is 1.54. The maximum Gasteiger partial charge on any atom is 0.243 e. The van der Waals surface area contributed by atoms with E-state index in [0.29, 0.717) is 25.0 Å². The van der Waals surface area contributed by atoms with Crippen LogP contribution >= 0.6 is 0 Å². The summed E-state index contributed by atoms with van der Waals surface area (Å²) in [5, 5.41) is 8.61. The standard InChI is InChI=1S/C11H14F3NO3S/c1-7(3-2-6-16)15-19(17,18)9-5-4-8(12)10(13)11(9)14/h4-5,7,15-16H,2-3,6H2,1H3. The van der Waals surface area contributed by atoms with Crippen LogP contribution in [0.4, 0.5) is 13.2 Å². The van der Waals surface area contributed by atoms with Gasteiger partial charge in [0.2, 0.25) is 10.0 Å². The van der Waals surface area contributed by atoms with Gasteiger partial charge in [0.15, 0.2) is 17.5 Å². The Kier molecular flexibility index (Phi) is 5.33. The topological polar surface area (TPSA) is 66.4 Å². The van der Waals surface area contributed by atoms with Crippen LogP contribution in [0.5, 0.6) is 0 Å². The molecule has 0 aliphatic carbocycles. The molecule has 1 aromatic rings. The summed E-state index contributed by atoms with van der Waals surface area (Å²) >= 11 is 0. The summed E-state index contributed by atoms with van der Waals surface area (Å²) in [4.78, 5) is -0.942. The second kappa shape index (κ2) is 6.36. The minimum atomic E-state index is -4.27. The zero-order valence-electron chi connectivity index (χ0n) is 10.2. The highest BCUT2D eigenvalue weighted by Gasteiger charge is 2.25. The minimum Gasteiger partial charge on any atom is -0.396 e. The molecule has 2 N–H and O–H groups in total. The van der Waals surface area contributed by atoms with Gasteiger partial charge < -0.3 is 5.11 Å². The molecule has 1 atom stereocenters. The first-order valence-electron chi connectivity index (χ1n) is 5.56. The smallest absolute Gasteiger partial charge is 0.243 e. The molecular weight excluding hydrogens is 283 g/mol. The number of halogens is 3. The van der Waals surface area contributed by atoms with Crippen molar-refractivity contribution in [3.05, 3.63) is 29.6 Å². The van der Waals surface area contributed by atoms with Gasteiger partial charge in [-0.1, -0.05) is 0 Å². The molecule has 19 heavy (non-hydrogen) atoms. The first-order valence-corrected chi connectivity index (χ1v) is 7.04. The molecule has 1 rings (SSSR count). The van der Waals surface area contributed by atoms with Crippen LogP contribution in [0.1, 0.15) is 19.8 Å². The van der Waals surface area contributed by atoms with E-state index >= 15 is 0 Å². The average molecular weight is 297 g/mol. The molecule has 0 fully saturated rings. The van der Waals surface area contributed by atoms with Crippen LogP contribution in [0.3, 0.4) is 0 Å². The van der Waals surface area contributed by atoms with Crippen molar-refractivity contribution >= 4 is 10.0 Å². The molecular formula is C11H14F3NO3S. The third-order valence-electron chi connectivity index (χ3n) is 2.44. The molecule has 0 amide bonds. The van der Waals surface area contributed by atoms with E-state index in [2.05, 4.69) is 4.72 Å². The molecule has 1 unspecified atom stereocenters. The number of aliphatic hydroxyl groups excluding tert-OH is 1. The SMILES string of the molecule is CC(CCCO)NS(=O)(=O)c1ccc(F)c(F)c1F. The van der Waals surface area contributed by atoms with E-state index < -0.39 is 38.4 Å². The van der Waals surface area contributed by atoms with Gasteiger partial charge in [-0.05, 0) is 31.9 Å². The molecule has 0 radical (unpaired) electrons. The fraction of sp³-hybridized carbons (Fsp3) is 0.455. The zero-order chi connectivity index (χ0) is 14.6. The van der Waals surface area contributed by atoms with Crippen LogP contribution in [0, 0.1) is 17.5 Å². The predicted molar refractivity (Wildman–Crippen MR) is 62.4 cm³/mol. The maximum atomic E-state index is 13.4. The molecule has 0 aliphatic heterocycles. The number of benzene rings is 1. The van der Waals surface area contributed by atoms with Gasteiger partial charge in [-0.25, -0.2) is 26.3 Å². The number of rotatable bonds is 6. The molecule has 8 heteroatoms. The van der Waals surface area contributed by atoms with Crippen molar-refractivity contribution in [3.8, 4) is 0 Å². The van der Waals surface area contributed by atoms with Crippen LogP contribution in [-0.4, -0.2) is 26.2 Å². The van der Waals surface area contributed by atoms with Crippen LogP contribution in [0.25, 0.3) is 0 Å². The molecule has 0 aromatic heterocycles. The summed E-state index contributed by atoms with van der Waals surface area (Å²) in [6.45, 7) is 1.41. The molecule has 0 saturated heterocycles. The molecule has 0 aliphatic rings. The Morgan fingerprint density at radius 3 is 2.47 bits per heavy atom. The van der Waals surface area contributed by atoms with E-state index in [1.54, 1.807) is 0 Å². The lowest BCUT2D eigenvalue weighted by Crippen LogP contribution is -2.33. The first kappa shape index (κ1) is 15.9. The van der Waals surface area contributed by atoms with Crippen molar-refractivity contribution < 1.29 is 26.7 Å². The summed E-state index contributed by atoms with van der Waals surface area (Å²) in [5.74, 6) is -5.03. The fourth-order valence-corrected chi connectivity index (χ4v) is 2.85. The summed E-state index contributed by atoms with van der Waals surface area (Å²) in [5.41, 5.74) is 0. The Bertz CT molecular complexity index is 548. The van der Waals surface area contributed by atoms with Crippen LogP contribution in [0.15, 0.2) is 17.0 Å². The number of aliphatic hydroxyl groups is 1. The third-order valence-corrected chi connectivity index (χ3v) is 4.05. The quantitative estimate of drug-likeness (QED) is 0.783. The highest BCUT2D eigenvalue weighted by atomic mass is 32.2. The van der Waals surface area contributed by atoms with Crippen LogP contribution in [-0.2, 0) is 10.0 Å². The fourth-order valence-electron chi connectivity index (χ4n) is 1.50. The summed E-state index contributed by atoms with van der Waals surface area (Å²) < 4.78 is 64.8. The van der Waals surface area contributed by atoms with Crippen molar-refractivity contribution in [3.63, 3.8) is 0 Å². The van der Waals surface area contributed by atoms with Crippen molar-refractivity contribution in [1.82, 2.24) is 4.72 Å². The number of hydrogen-bond acceptors (Lipinski definition) is 3. The summed E-state index contributed by atoms with van der Waals surface area (Å²) in [6, 6.07) is 0.643. The first-order chi connectivity index (χ1) is 8.79. The van der Waals surface area contributed by atoms with Gasteiger partial charge >= 0.3 is 0 Å². The van der Waals surface area contributed by atoms with Crippen LogP contribution < -0.4 is 4.72 Å². The molecule has 4 nitrogen and oxygen atoms in total. The molecule has 0 saturated carbocycles. The van der Waals surface area contributed by atoms with Gasteiger partial charge in [-0.15, -0.1) is 0 Å². The molecule has 0 bridgehead atoms. The Morgan fingerprint density at radius 1 is 1.26 bits per heavy atom. The lowest BCUT2D eigenvalue weighted by Gasteiger charge is -2.14. The highest BCUT2D eigenvalue weighted by molar-refractivity contribution is 7.89. The van der Waals surface area contributed by atoms with Crippen LogP contribution in [0.2, 0.25) is 0 Å². The third kappa shape index (κ3) is 3.92. The zero-order valence-corrected chi connectivity index (χ0v) is 11.0. The van der Waals surface area contributed by atoms with E-state index in [1.165, 1.54) is 6.92 Å². The van der Waals surface area contributed by atoms with E-state index in [9.17, 15) is 21.6 Å². The lowest BCUT2D eigenvalue weighted by molar-refractivity contribution is 0.279. The second-order valence-corrected chi connectivity index (χ2v) is 5.74. The van der Waals surface area contributed by atoms with Crippen molar-refractivity contribution in [1.29, 1.82) is 0 Å². The van der Waals surface area contributed by atoms with Gasteiger partial charge in [0.05, 0.1) is 0 Å².